The van der Waals surface area contributed by atoms with E-state index in [9.17, 15) is 0 Å². The maximum absolute atomic E-state index is 4.70. The Morgan fingerprint density at radius 2 is 2.00 bits per heavy atom. The van der Waals surface area contributed by atoms with Gasteiger partial charge in [0.2, 0.25) is 0 Å². The number of aliphatic imine (C=N–C) groups is 1. The van der Waals surface area contributed by atoms with Crippen LogP contribution >= 0.6 is 0 Å². The predicted molar refractivity (Wildman–Crippen MR) is 106 cm³/mol. The van der Waals surface area contributed by atoms with Gasteiger partial charge in [-0.3, -0.25) is 0 Å². The summed E-state index contributed by atoms with van der Waals surface area (Å²) in [5.41, 5.74) is 2.16. The van der Waals surface area contributed by atoms with Crippen molar-refractivity contribution in [3.8, 4) is 5.69 Å². The van der Waals surface area contributed by atoms with Crippen LogP contribution in [0.1, 0.15) is 24.1 Å². The largest absolute Gasteiger partial charge is 0.357 e. The van der Waals surface area contributed by atoms with Crippen LogP contribution in [0.4, 0.5) is 0 Å². The number of aryl methyl sites for hydroxylation is 1. The zero-order valence-electron chi connectivity index (χ0n) is 16.3. The van der Waals surface area contributed by atoms with E-state index in [1.54, 1.807) is 0 Å². The van der Waals surface area contributed by atoms with Crippen molar-refractivity contribution in [3.05, 3.63) is 59.9 Å². The van der Waals surface area contributed by atoms with Crippen LogP contribution in [0, 0.1) is 6.92 Å². The van der Waals surface area contributed by atoms with Gasteiger partial charge in [-0.1, -0.05) is 18.2 Å². The van der Waals surface area contributed by atoms with Gasteiger partial charge in [-0.05, 0) is 26.0 Å². The van der Waals surface area contributed by atoms with Crippen LogP contribution in [-0.4, -0.2) is 49.0 Å². The van der Waals surface area contributed by atoms with Crippen molar-refractivity contribution in [2.75, 3.05) is 13.6 Å². The van der Waals surface area contributed by atoms with Crippen LogP contribution in [0.15, 0.2) is 47.7 Å². The fourth-order valence-corrected chi connectivity index (χ4v) is 2.72. The lowest BCUT2D eigenvalue weighted by Gasteiger charge is -2.21. The zero-order valence-corrected chi connectivity index (χ0v) is 16.3. The third-order valence-corrected chi connectivity index (χ3v) is 4.33. The summed E-state index contributed by atoms with van der Waals surface area (Å²) < 4.78 is 3.84. The summed E-state index contributed by atoms with van der Waals surface area (Å²) >= 11 is 0. The molecule has 8 heteroatoms. The SMILES string of the molecule is CCNC(=NCc1nnc(C)n1C)N(C)Cc1cnn(-c2ccccc2)c1. The van der Waals surface area contributed by atoms with Gasteiger partial charge in [-0.15, -0.1) is 10.2 Å². The van der Waals surface area contributed by atoms with Crippen LogP contribution < -0.4 is 5.32 Å². The Morgan fingerprint density at radius 1 is 1.22 bits per heavy atom. The predicted octanol–water partition coefficient (Wildman–Crippen LogP) is 1.91. The number of aromatic nitrogens is 5. The number of nitrogens with one attached hydrogen (secondary N) is 1. The van der Waals surface area contributed by atoms with E-state index in [0.29, 0.717) is 13.1 Å². The van der Waals surface area contributed by atoms with Gasteiger partial charge in [0.15, 0.2) is 11.8 Å². The standard InChI is InChI=1S/C19H26N8/c1-5-20-19(21-12-18-24-23-15(2)26(18)4)25(3)13-16-11-22-27(14-16)17-9-7-6-8-10-17/h6-11,14H,5,12-13H2,1-4H3,(H,20,21). The highest BCUT2D eigenvalue weighted by molar-refractivity contribution is 5.79. The molecule has 8 nitrogen and oxygen atoms in total. The Balaban J connectivity index is 1.70. The second kappa shape index (κ2) is 8.48. The monoisotopic (exact) mass is 366 g/mol. The van der Waals surface area contributed by atoms with E-state index in [1.807, 2.05) is 73.0 Å². The van der Waals surface area contributed by atoms with Gasteiger partial charge in [0.25, 0.3) is 0 Å². The van der Waals surface area contributed by atoms with Crippen LogP contribution in [-0.2, 0) is 20.1 Å². The minimum Gasteiger partial charge on any atom is -0.357 e. The molecule has 0 atom stereocenters. The quantitative estimate of drug-likeness (QED) is 0.533. The number of para-hydroxylation sites is 1. The smallest absolute Gasteiger partial charge is 0.194 e. The van der Waals surface area contributed by atoms with Gasteiger partial charge in [0.05, 0.1) is 11.9 Å². The van der Waals surface area contributed by atoms with Crippen molar-refractivity contribution in [2.45, 2.75) is 26.9 Å². The van der Waals surface area contributed by atoms with E-state index in [1.165, 1.54) is 0 Å². The highest BCUT2D eigenvalue weighted by Crippen LogP contribution is 2.09. The van der Waals surface area contributed by atoms with E-state index >= 15 is 0 Å². The van der Waals surface area contributed by atoms with Gasteiger partial charge in [0, 0.05) is 38.9 Å². The van der Waals surface area contributed by atoms with Crippen LogP contribution in [0.5, 0.6) is 0 Å². The highest BCUT2D eigenvalue weighted by Gasteiger charge is 2.10. The first-order chi connectivity index (χ1) is 13.1. The Labute approximate surface area is 159 Å². The van der Waals surface area contributed by atoms with E-state index < -0.39 is 0 Å². The maximum Gasteiger partial charge on any atom is 0.194 e. The molecule has 0 aliphatic carbocycles. The number of guanidine groups is 1. The van der Waals surface area contributed by atoms with Crippen molar-refractivity contribution in [2.24, 2.45) is 12.0 Å². The molecule has 3 rings (SSSR count). The van der Waals surface area contributed by atoms with E-state index in [2.05, 4.69) is 32.4 Å². The molecule has 1 aromatic carbocycles. The van der Waals surface area contributed by atoms with E-state index in [0.717, 1.165) is 35.4 Å². The molecule has 0 bridgehead atoms. The number of nitrogens with zero attached hydrogens (tertiary/aromatic N) is 7. The molecule has 0 unspecified atom stereocenters. The Bertz CT molecular complexity index is 894. The van der Waals surface area contributed by atoms with Gasteiger partial charge >= 0.3 is 0 Å². The lowest BCUT2D eigenvalue weighted by molar-refractivity contribution is 0.476. The first-order valence-corrected chi connectivity index (χ1v) is 9.01. The summed E-state index contributed by atoms with van der Waals surface area (Å²) in [5, 5.41) is 16.0. The minimum atomic E-state index is 0.479. The topological polar surface area (TPSA) is 76.2 Å². The lowest BCUT2D eigenvalue weighted by atomic mass is 10.3. The molecule has 3 aromatic rings. The average Bonchev–Trinajstić information content (AvgIpc) is 3.27. The molecule has 2 heterocycles. The van der Waals surface area contributed by atoms with E-state index in [-0.39, 0.29) is 0 Å². The lowest BCUT2D eigenvalue weighted by Crippen LogP contribution is -2.38. The number of hydrogen-bond acceptors (Lipinski definition) is 4. The van der Waals surface area contributed by atoms with E-state index in [4.69, 9.17) is 4.99 Å². The molecule has 142 valence electrons. The summed E-state index contributed by atoms with van der Waals surface area (Å²) in [6.07, 6.45) is 3.93. The molecule has 1 N–H and O–H groups in total. The molecule has 0 amide bonds. The van der Waals surface area contributed by atoms with Gasteiger partial charge in [-0.2, -0.15) is 5.10 Å². The normalized spacial score (nSPS) is 11.6. The van der Waals surface area contributed by atoms with Gasteiger partial charge in [-0.25, -0.2) is 9.67 Å². The van der Waals surface area contributed by atoms with Crippen molar-refractivity contribution < 1.29 is 0 Å². The fourth-order valence-electron chi connectivity index (χ4n) is 2.72. The Morgan fingerprint density at radius 3 is 2.67 bits per heavy atom. The molecule has 0 fully saturated rings. The molecular formula is C19H26N8. The first kappa shape index (κ1) is 18.6. The van der Waals surface area contributed by atoms with Crippen LogP contribution in [0.2, 0.25) is 0 Å². The molecule has 27 heavy (non-hydrogen) atoms. The molecule has 0 aliphatic heterocycles. The molecule has 0 radical (unpaired) electrons. The second-order valence-corrected chi connectivity index (χ2v) is 6.38. The van der Waals surface area contributed by atoms with Crippen molar-refractivity contribution in [1.82, 2.24) is 34.8 Å². The minimum absolute atomic E-state index is 0.479. The van der Waals surface area contributed by atoms with Crippen LogP contribution in [0.3, 0.4) is 0 Å². The summed E-state index contributed by atoms with van der Waals surface area (Å²) in [7, 11) is 3.97. The number of rotatable bonds is 6. The highest BCUT2D eigenvalue weighted by atomic mass is 15.3. The molecule has 0 saturated heterocycles. The summed E-state index contributed by atoms with van der Waals surface area (Å²) in [6.45, 7) is 5.97. The summed E-state index contributed by atoms with van der Waals surface area (Å²) in [6, 6.07) is 10.1. The first-order valence-electron chi connectivity index (χ1n) is 9.01. The van der Waals surface area contributed by atoms with Gasteiger partial charge in [0.1, 0.15) is 12.4 Å². The molecule has 2 aromatic heterocycles. The fraction of sp³-hybridized carbons (Fsp3) is 0.368. The van der Waals surface area contributed by atoms with Crippen molar-refractivity contribution in [3.63, 3.8) is 0 Å². The molecule has 0 spiro atoms. The summed E-state index contributed by atoms with van der Waals surface area (Å²) in [5.74, 6) is 2.55. The second-order valence-electron chi connectivity index (χ2n) is 6.38. The maximum atomic E-state index is 4.70. The van der Waals surface area contributed by atoms with Crippen LogP contribution in [0.25, 0.3) is 5.69 Å². The average molecular weight is 366 g/mol. The number of hydrogen-bond donors (Lipinski definition) is 1. The molecule has 0 saturated carbocycles. The third kappa shape index (κ3) is 4.52. The summed E-state index contributed by atoms with van der Waals surface area (Å²) in [4.78, 5) is 6.78. The molecular weight excluding hydrogens is 340 g/mol. The molecule has 0 aliphatic rings. The Hall–Kier alpha value is -3.16. The number of benzene rings is 1. The third-order valence-electron chi connectivity index (χ3n) is 4.33. The van der Waals surface area contributed by atoms with Crippen molar-refractivity contribution in [1.29, 1.82) is 0 Å². The Kier molecular flexibility index (Phi) is 5.85. The zero-order chi connectivity index (χ0) is 19.2. The van der Waals surface area contributed by atoms with Crippen molar-refractivity contribution >= 4 is 5.96 Å². The van der Waals surface area contributed by atoms with Gasteiger partial charge < -0.3 is 14.8 Å².